The smallest absolute Gasteiger partial charge is 0.339 e. The Labute approximate surface area is 121 Å². The van der Waals surface area contributed by atoms with Gasteiger partial charge in [0.1, 0.15) is 17.1 Å². The lowest BCUT2D eigenvalue weighted by Gasteiger charge is -2.05. The van der Waals surface area contributed by atoms with E-state index in [1.54, 1.807) is 18.7 Å². The highest BCUT2D eigenvalue weighted by atomic mass is 32.2. The van der Waals surface area contributed by atoms with E-state index in [9.17, 15) is 9.59 Å². The predicted molar refractivity (Wildman–Crippen MR) is 78.2 cm³/mol. The largest absolute Gasteiger partial charge is 0.478 e. The molecule has 0 atom stereocenters. The number of furan rings is 1. The average molecular weight is 298 g/mol. The summed E-state index contributed by atoms with van der Waals surface area (Å²) in [7, 11) is 0. The van der Waals surface area contributed by atoms with Crippen LogP contribution in [0.2, 0.25) is 0 Å². The fraction of sp³-hybridized carbons (Fsp3) is 0.385. The molecule has 0 aromatic carbocycles. The number of carboxylic acids is 1. The molecule has 0 saturated heterocycles. The van der Waals surface area contributed by atoms with Crippen LogP contribution in [0.5, 0.6) is 0 Å². The Morgan fingerprint density at radius 3 is 2.85 bits per heavy atom. The second-order valence-electron chi connectivity index (χ2n) is 3.96. The summed E-state index contributed by atoms with van der Waals surface area (Å²) in [5.74, 6) is 1.36. The van der Waals surface area contributed by atoms with Crippen LogP contribution in [-0.4, -0.2) is 35.2 Å². The molecule has 0 aliphatic heterocycles. The van der Waals surface area contributed by atoms with Gasteiger partial charge in [-0.1, -0.05) is 6.08 Å². The van der Waals surface area contributed by atoms with Gasteiger partial charge in [0.2, 0.25) is 0 Å². The Balaban J connectivity index is 2.28. The van der Waals surface area contributed by atoms with E-state index in [2.05, 4.69) is 17.2 Å². The Bertz CT molecular complexity index is 485. The van der Waals surface area contributed by atoms with Crippen molar-refractivity contribution < 1.29 is 19.1 Å². The molecule has 1 aromatic heterocycles. The Kier molecular flexibility index (Phi) is 6.72. The fourth-order valence-corrected chi connectivity index (χ4v) is 2.06. The van der Waals surface area contributed by atoms with E-state index in [-0.39, 0.29) is 18.1 Å². The summed E-state index contributed by atoms with van der Waals surface area (Å²) < 4.78 is 5.25. The van der Waals surface area contributed by atoms with Crippen molar-refractivity contribution in [2.45, 2.75) is 13.5 Å². The average Bonchev–Trinajstić information content (AvgIpc) is 2.77. The van der Waals surface area contributed by atoms with Gasteiger partial charge in [-0.2, -0.15) is 11.8 Å². The molecule has 7 heteroatoms. The quantitative estimate of drug-likeness (QED) is 0.504. The molecule has 0 saturated carbocycles. The number of hydrogen-bond acceptors (Lipinski definition) is 4. The molecule has 0 radical (unpaired) electrons. The van der Waals surface area contributed by atoms with Gasteiger partial charge in [-0.05, 0) is 13.0 Å². The van der Waals surface area contributed by atoms with Crippen LogP contribution in [0.4, 0.5) is 4.79 Å². The molecule has 1 heterocycles. The van der Waals surface area contributed by atoms with Crippen molar-refractivity contribution in [1.82, 2.24) is 10.6 Å². The molecule has 20 heavy (non-hydrogen) atoms. The van der Waals surface area contributed by atoms with Gasteiger partial charge in [-0.15, -0.1) is 6.58 Å². The van der Waals surface area contributed by atoms with Crippen LogP contribution in [0.3, 0.4) is 0 Å². The van der Waals surface area contributed by atoms with E-state index in [1.165, 1.54) is 6.07 Å². The van der Waals surface area contributed by atoms with E-state index in [1.807, 2.05) is 6.08 Å². The van der Waals surface area contributed by atoms with Gasteiger partial charge in [-0.3, -0.25) is 0 Å². The van der Waals surface area contributed by atoms with Gasteiger partial charge < -0.3 is 20.2 Å². The summed E-state index contributed by atoms with van der Waals surface area (Å²) in [4.78, 5) is 22.3. The molecule has 110 valence electrons. The van der Waals surface area contributed by atoms with Gasteiger partial charge in [-0.25, -0.2) is 9.59 Å². The van der Waals surface area contributed by atoms with E-state index in [0.717, 1.165) is 11.5 Å². The summed E-state index contributed by atoms with van der Waals surface area (Å²) >= 11 is 1.67. The highest BCUT2D eigenvalue weighted by Gasteiger charge is 2.13. The van der Waals surface area contributed by atoms with Crippen LogP contribution in [0, 0.1) is 6.92 Å². The lowest BCUT2D eigenvalue weighted by molar-refractivity contribution is 0.0695. The van der Waals surface area contributed by atoms with Gasteiger partial charge >= 0.3 is 12.0 Å². The zero-order valence-corrected chi connectivity index (χ0v) is 12.1. The molecule has 6 nitrogen and oxygen atoms in total. The van der Waals surface area contributed by atoms with Crippen molar-refractivity contribution in [3.8, 4) is 0 Å². The summed E-state index contributed by atoms with van der Waals surface area (Å²) in [6.07, 6.45) is 1.81. The number of thioether (sulfide) groups is 1. The molecule has 0 aliphatic rings. The third-order valence-electron chi connectivity index (χ3n) is 2.39. The van der Waals surface area contributed by atoms with Crippen molar-refractivity contribution in [3.05, 3.63) is 35.8 Å². The van der Waals surface area contributed by atoms with Crippen LogP contribution >= 0.6 is 11.8 Å². The first kappa shape index (κ1) is 16.2. The minimum Gasteiger partial charge on any atom is -0.478 e. The maximum Gasteiger partial charge on any atom is 0.339 e. The van der Waals surface area contributed by atoms with Gasteiger partial charge in [0.25, 0.3) is 0 Å². The van der Waals surface area contributed by atoms with Crippen LogP contribution < -0.4 is 10.6 Å². The lowest BCUT2D eigenvalue weighted by Crippen LogP contribution is -2.36. The SMILES string of the molecule is C=CCSCCNC(=O)NCc1cc(C(=O)O)c(C)o1. The monoisotopic (exact) mass is 298 g/mol. The molecule has 0 aliphatic carbocycles. The van der Waals surface area contributed by atoms with E-state index >= 15 is 0 Å². The third-order valence-corrected chi connectivity index (χ3v) is 3.35. The van der Waals surface area contributed by atoms with Crippen molar-refractivity contribution >= 4 is 23.8 Å². The lowest BCUT2D eigenvalue weighted by atomic mass is 10.2. The van der Waals surface area contributed by atoms with Crippen LogP contribution in [0.1, 0.15) is 21.9 Å². The van der Waals surface area contributed by atoms with Crippen molar-refractivity contribution in [2.24, 2.45) is 0 Å². The second-order valence-corrected chi connectivity index (χ2v) is 5.11. The Morgan fingerprint density at radius 1 is 1.50 bits per heavy atom. The minimum atomic E-state index is -1.04. The van der Waals surface area contributed by atoms with Crippen LogP contribution in [0.15, 0.2) is 23.1 Å². The Hall–Kier alpha value is -1.89. The molecule has 0 spiro atoms. The first-order chi connectivity index (χ1) is 9.54. The second kappa shape index (κ2) is 8.31. The van der Waals surface area contributed by atoms with Gasteiger partial charge in [0.15, 0.2) is 0 Å². The molecule has 0 fully saturated rings. The maximum atomic E-state index is 11.5. The molecular formula is C13H18N2O4S. The van der Waals surface area contributed by atoms with Crippen molar-refractivity contribution in [1.29, 1.82) is 0 Å². The van der Waals surface area contributed by atoms with Crippen molar-refractivity contribution in [2.75, 3.05) is 18.1 Å². The van der Waals surface area contributed by atoms with E-state index in [4.69, 9.17) is 9.52 Å². The number of urea groups is 1. The van der Waals surface area contributed by atoms with Gasteiger partial charge in [0, 0.05) is 18.1 Å². The fourth-order valence-electron chi connectivity index (χ4n) is 1.48. The standard InChI is InChI=1S/C13H18N2O4S/c1-3-5-20-6-4-14-13(18)15-8-10-7-11(12(16)17)9(2)19-10/h3,7H,1,4-6,8H2,2H3,(H,16,17)(H2,14,15,18). The molecule has 2 amide bonds. The number of hydrogen-bond donors (Lipinski definition) is 3. The molecule has 3 N–H and O–H groups in total. The number of carbonyl (C=O) groups is 2. The molecule has 0 unspecified atom stereocenters. The summed E-state index contributed by atoms with van der Waals surface area (Å²) in [6, 6.07) is 1.10. The zero-order chi connectivity index (χ0) is 15.0. The van der Waals surface area contributed by atoms with Crippen molar-refractivity contribution in [3.63, 3.8) is 0 Å². The van der Waals surface area contributed by atoms with Gasteiger partial charge in [0.05, 0.1) is 6.54 Å². The molecule has 1 rings (SSSR count). The number of amides is 2. The number of aromatic carboxylic acids is 1. The third kappa shape index (κ3) is 5.40. The Morgan fingerprint density at radius 2 is 2.25 bits per heavy atom. The predicted octanol–water partition coefficient (Wildman–Crippen LogP) is 2.00. The summed E-state index contributed by atoms with van der Waals surface area (Å²) in [6.45, 7) is 5.89. The van der Waals surface area contributed by atoms with E-state index in [0.29, 0.717) is 18.1 Å². The first-order valence-corrected chi connectivity index (χ1v) is 7.23. The number of carbonyl (C=O) groups excluding carboxylic acids is 1. The maximum absolute atomic E-state index is 11.5. The highest BCUT2D eigenvalue weighted by Crippen LogP contribution is 2.14. The number of carboxylic acid groups (broad SMARTS) is 1. The number of nitrogens with one attached hydrogen (secondary N) is 2. The van der Waals surface area contributed by atoms with Crippen LogP contribution in [-0.2, 0) is 6.54 Å². The highest BCUT2D eigenvalue weighted by molar-refractivity contribution is 7.99. The summed E-state index contributed by atoms with van der Waals surface area (Å²) in [5, 5.41) is 14.2. The number of aryl methyl sites for hydroxylation is 1. The molecule has 1 aromatic rings. The van der Waals surface area contributed by atoms with Crippen LogP contribution in [0.25, 0.3) is 0 Å². The molecule has 0 bridgehead atoms. The minimum absolute atomic E-state index is 0.114. The normalized spacial score (nSPS) is 10.1. The first-order valence-electron chi connectivity index (χ1n) is 6.07. The zero-order valence-electron chi connectivity index (χ0n) is 11.3. The topological polar surface area (TPSA) is 91.6 Å². The molecular weight excluding hydrogens is 280 g/mol. The van der Waals surface area contributed by atoms with E-state index < -0.39 is 5.97 Å². The summed E-state index contributed by atoms with van der Waals surface area (Å²) in [5.41, 5.74) is 0.114. The number of rotatable bonds is 8.